The molecule has 1 aliphatic heterocycles. The van der Waals surface area contributed by atoms with Crippen LogP contribution >= 0.6 is 11.8 Å². The second-order valence-electron chi connectivity index (χ2n) is 8.22. The highest BCUT2D eigenvalue weighted by Gasteiger charge is 2.37. The molecule has 1 heterocycles. The van der Waals surface area contributed by atoms with Gasteiger partial charge in [0, 0.05) is 24.4 Å². The smallest absolute Gasteiger partial charge is 0.243 e. The minimum absolute atomic E-state index is 0.0744. The molecule has 5 nitrogen and oxygen atoms in total. The fourth-order valence-electron chi connectivity index (χ4n) is 4.17. The molecule has 0 saturated heterocycles. The largest absolute Gasteiger partial charge is 0.352 e. The fourth-order valence-corrected chi connectivity index (χ4v) is 6.18. The van der Waals surface area contributed by atoms with Crippen molar-refractivity contribution in [2.45, 2.75) is 42.1 Å². The van der Waals surface area contributed by atoms with Gasteiger partial charge in [0.2, 0.25) is 15.9 Å². The van der Waals surface area contributed by atoms with E-state index >= 15 is 0 Å². The van der Waals surface area contributed by atoms with Gasteiger partial charge in [0.15, 0.2) is 0 Å². The molecule has 3 aromatic rings. The lowest BCUT2D eigenvalue weighted by Crippen LogP contribution is -2.42. The Hall–Kier alpha value is -2.61. The van der Waals surface area contributed by atoms with E-state index in [9.17, 15) is 13.2 Å². The number of sulfonamides is 1. The Morgan fingerprint density at radius 3 is 2.42 bits per heavy atom. The van der Waals surface area contributed by atoms with E-state index in [1.165, 1.54) is 9.20 Å². The van der Waals surface area contributed by atoms with E-state index in [1.54, 1.807) is 36.0 Å². The molecule has 0 spiro atoms. The van der Waals surface area contributed by atoms with Gasteiger partial charge in [-0.3, -0.25) is 4.79 Å². The van der Waals surface area contributed by atoms with Gasteiger partial charge in [-0.25, -0.2) is 8.42 Å². The molecule has 0 aliphatic carbocycles. The zero-order chi connectivity index (χ0) is 23.4. The molecule has 4 rings (SSSR count). The van der Waals surface area contributed by atoms with Crippen LogP contribution in [-0.2, 0) is 27.8 Å². The monoisotopic (exact) mass is 480 g/mol. The molecule has 7 heteroatoms. The number of nitrogens with zero attached hydrogens (tertiary/aromatic N) is 1. The molecule has 33 heavy (non-hydrogen) atoms. The summed E-state index contributed by atoms with van der Waals surface area (Å²) in [4.78, 5) is 14.4. The molecule has 1 atom stereocenters. The summed E-state index contributed by atoms with van der Waals surface area (Å²) >= 11 is 1.67. The zero-order valence-electron chi connectivity index (χ0n) is 18.8. The van der Waals surface area contributed by atoms with Gasteiger partial charge >= 0.3 is 0 Å². The first-order valence-corrected chi connectivity index (χ1v) is 13.6. The number of thioether (sulfide) groups is 1. The topological polar surface area (TPSA) is 66.5 Å². The van der Waals surface area contributed by atoms with Crippen LogP contribution in [0.25, 0.3) is 0 Å². The number of carbonyl (C=O) groups is 1. The van der Waals surface area contributed by atoms with Crippen LogP contribution in [0, 0.1) is 6.92 Å². The first-order chi connectivity index (χ1) is 15.9. The van der Waals surface area contributed by atoms with Crippen LogP contribution in [-0.4, -0.2) is 31.4 Å². The Kier molecular flexibility index (Phi) is 7.22. The Bertz CT molecular complexity index is 1220. The minimum atomic E-state index is -3.74. The minimum Gasteiger partial charge on any atom is -0.352 e. The number of rotatable bonds is 7. The van der Waals surface area contributed by atoms with Gasteiger partial charge in [0.05, 0.1) is 10.9 Å². The summed E-state index contributed by atoms with van der Waals surface area (Å²) in [6.45, 7) is 2.68. The molecule has 0 fully saturated rings. The normalized spacial score (nSPS) is 16.2. The molecule has 1 amide bonds. The van der Waals surface area contributed by atoms with E-state index in [2.05, 4.69) is 5.32 Å². The Morgan fingerprint density at radius 1 is 1.03 bits per heavy atom. The van der Waals surface area contributed by atoms with Crippen LogP contribution < -0.4 is 5.32 Å². The van der Waals surface area contributed by atoms with Crippen LogP contribution in [0.4, 0.5) is 0 Å². The third-order valence-corrected chi connectivity index (χ3v) is 8.68. The predicted molar refractivity (Wildman–Crippen MR) is 133 cm³/mol. The van der Waals surface area contributed by atoms with Crippen molar-refractivity contribution in [3.8, 4) is 0 Å². The Labute approximate surface area is 200 Å². The van der Waals surface area contributed by atoms with E-state index < -0.39 is 16.1 Å². The van der Waals surface area contributed by atoms with Crippen molar-refractivity contribution in [1.82, 2.24) is 9.62 Å². The quantitative estimate of drug-likeness (QED) is 0.497. The van der Waals surface area contributed by atoms with Crippen molar-refractivity contribution in [3.05, 3.63) is 95.1 Å². The van der Waals surface area contributed by atoms with E-state index in [-0.39, 0.29) is 17.2 Å². The van der Waals surface area contributed by atoms with Gasteiger partial charge in [-0.15, -0.1) is 11.8 Å². The number of carbonyl (C=O) groups excluding carboxylic acids is 1. The second-order valence-corrected chi connectivity index (χ2v) is 11.0. The molecular weight excluding hydrogens is 452 g/mol. The Morgan fingerprint density at radius 2 is 1.73 bits per heavy atom. The second kappa shape index (κ2) is 10.1. The zero-order valence-corrected chi connectivity index (χ0v) is 20.5. The lowest BCUT2D eigenvalue weighted by atomic mass is 9.92. The van der Waals surface area contributed by atoms with Crippen LogP contribution in [0.2, 0.25) is 0 Å². The van der Waals surface area contributed by atoms with Gasteiger partial charge in [0.25, 0.3) is 0 Å². The van der Waals surface area contributed by atoms with Gasteiger partial charge < -0.3 is 5.32 Å². The van der Waals surface area contributed by atoms with E-state index in [0.29, 0.717) is 19.5 Å². The van der Waals surface area contributed by atoms with Crippen LogP contribution in [0.3, 0.4) is 0 Å². The average molecular weight is 481 g/mol. The molecule has 1 unspecified atom stereocenters. The fraction of sp³-hybridized carbons (Fsp3) is 0.269. The predicted octanol–water partition coefficient (Wildman–Crippen LogP) is 4.71. The number of amides is 1. The lowest BCUT2D eigenvalue weighted by molar-refractivity contribution is -0.122. The molecular formula is C26H28N2O3S2. The van der Waals surface area contributed by atoms with Gasteiger partial charge in [0.1, 0.15) is 0 Å². The highest BCUT2D eigenvalue weighted by molar-refractivity contribution is 7.98. The third kappa shape index (κ3) is 5.32. The van der Waals surface area contributed by atoms with E-state index in [1.807, 2.05) is 61.7 Å². The number of benzene rings is 3. The van der Waals surface area contributed by atoms with Crippen molar-refractivity contribution < 1.29 is 13.2 Å². The number of fused-ring (bicyclic) bond motifs is 1. The van der Waals surface area contributed by atoms with Gasteiger partial charge in [-0.1, -0.05) is 54.1 Å². The van der Waals surface area contributed by atoms with Crippen molar-refractivity contribution >= 4 is 27.7 Å². The summed E-state index contributed by atoms with van der Waals surface area (Å²) in [5, 5.41) is 2.97. The van der Waals surface area contributed by atoms with E-state index in [0.717, 1.165) is 22.3 Å². The summed E-state index contributed by atoms with van der Waals surface area (Å²) in [6.07, 6.45) is 2.72. The number of hydrogen-bond donors (Lipinski definition) is 1. The summed E-state index contributed by atoms with van der Waals surface area (Å²) < 4.78 is 28.6. The van der Waals surface area contributed by atoms with Crippen LogP contribution in [0.5, 0.6) is 0 Å². The maximum atomic E-state index is 13.5. The maximum Gasteiger partial charge on any atom is 0.243 e. The molecule has 172 valence electrons. The Balaban J connectivity index is 1.56. The first-order valence-electron chi connectivity index (χ1n) is 10.9. The number of hydrogen-bond acceptors (Lipinski definition) is 4. The van der Waals surface area contributed by atoms with Crippen molar-refractivity contribution in [3.63, 3.8) is 0 Å². The third-order valence-electron chi connectivity index (χ3n) is 6.02. The lowest BCUT2D eigenvalue weighted by Gasteiger charge is -2.36. The maximum absolute atomic E-state index is 13.5. The molecule has 0 saturated carbocycles. The van der Waals surface area contributed by atoms with E-state index in [4.69, 9.17) is 0 Å². The highest BCUT2D eigenvalue weighted by atomic mass is 32.2. The molecule has 0 radical (unpaired) electrons. The van der Waals surface area contributed by atoms with Gasteiger partial charge in [-0.2, -0.15) is 4.31 Å². The highest BCUT2D eigenvalue weighted by Crippen LogP contribution is 2.36. The number of nitrogens with one attached hydrogen (secondary N) is 1. The molecule has 1 aliphatic rings. The molecule has 1 N–H and O–H groups in total. The summed E-state index contributed by atoms with van der Waals surface area (Å²) in [6, 6.07) is 22.2. The van der Waals surface area contributed by atoms with Gasteiger partial charge in [-0.05, 0) is 60.6 Å². The molecule has 3 aromatic carbocycles. The van der Waals surface area contributed by atoms with Crippen molar-refractivity contribution in [2.75, 3.05) is 12.8 Å². The molecule has 0 bridgehead atoms. The first kappa shape index (κ1) is 23.5. The van der Waals surface area contributed by atoms with Crippen LogP contribution in [0.1, 0.15) is 34.7 Å². The van der Waals surface area contributed by atoms with Crippen molar-refractivity contribution in [2.24, 2.45) is 0 Å². The average Bonchev–Trinajstić information content (AvgIpc) is 2.83. The summed E-state index contributed by atoms with van der Waals surface area (Å²) in [7, 11) is -3.74. The van der Waals surface area contributed by atoms with Crippen molar-refractivity contribution in [1.29, 1.82) is 0 Å². The number of aryl methyl sites for hydroxylation is 1. The molecule has 0 aromatic heterocycles. The summed E-state index contributed by atoms with van der Waals surface area (Å²) in [5.74, 6) is -0.172. The standard InChI is InChI=1S/C26H28N2O3S2/c1-19-7-13-23(14-8-19)33(30,31)28-16-15-21-5-3-4-6-24(21)25(28)17-26(29)27-18-20-9-11-22(32-2)12-10-20/h3-14,25H,15-18H2,1-2H3,(H,27,29). The summed E-state index contributed by atoms with van der Waals surface area (Å²) in [5.41, 5.74) is 4.01. The SMILES string of the molecule is CSc1ccc(CNC(=O)CC2c3ccccc3CCN2S(=O)(=O)c2ccc(C)cc2)cc1. The van der Waals surface area contributed by atoms with Crippen LogP contribution in [0.15, 0.2) is 82.6 Å².